The van der Waals surface area contributed by atoms with Gasteiger partial charge in [0, 0.05) is 38.7 Å². The molecule has 0 saturated heterocycles. The van der Waals surface area contributed by atoms with E-state index in [9.17, 15) is 0 Å². The zero-order valence-corrected chi connectivity index (χ0v) is 17.5. The highest BCUT2D eigenvalue weighted by Crippen LogP contribution is 2.13. The van der Waals surface area contributed by atoms with E-state index in [1.165, 1.54) is 5.56 Å². The predicted octanol–water partition coefficient (Wildman–Crippen LogP) is 3.18. The zero-order chi connectivity index (χ0) is 20.6. The number of aromatic nitrogens is 3. The van der Waals surface area contributed by atoms with E-state index in [0.717, 1.165) is 42.0 Å². The van der Waals surface area contributed by atoms with E-state index in [2.05, 4.69) is 45.3 Å². The van der Waals surface area contributed by atoms with Crippen LogP contribution in [0.25, 0.3) is 5.82 Å². The fourth-order valence-electron chi connectivity index (χ4n) is 2.99. The maximum atomic E-state index is 5.23. The van der Waals surface area contributed by atoms with Crippen molar-refractivity contribution in [1.82, 2.24) is 24.8 Å². The summed E-state index contributed by atoms with van der Waals surface area (Å²) >= 11 is 0. The van der Waals surface area contributed by atoms with Crippen molar-refractivity contribution >= 4 is 5.96 Å². The SMILES string of the molecule is CCNC(=NCc1ccc(-n2ccnc2C)nc1)N(C)Cc1ccc(OC)cc1. The molecule has 0 unspecified atom stereocenters. The molecule has 0 radical (unpaired) electrons. The third-order valence-electron chi connectivity index (χ3n) is 4.57. The van der Waals surface area contributed by atoms with E-state index >= 15 is 0 Å². The molecule has 152 valence electrons. The minimum atomic E-state index is 0.561. The third kappa shape index (κ3) is 5.34. The Balaban J connectivity index is 1.67. The summed E-state index contributed by atoms with van der Waals surface area (Å²) in [5, 5.41) is 3.36. The van der Waals surface area contributed by atoms with E-state index in [1.54, 1.807) is 13.3 Å². The van der Waals surface area contributed by atoms with Gasteiger partial charge in [-0.1, -0.05) is 18.2 Å². The number of benzene rings is 1. The molecule has 1 N–H and O–H groups in total. The largest absolute Gasteiger partial charge is 0.497 e. The zero-order valence-electron chi connectivity index (χ0n) is 17.5. The summed E-state index contributed by atoms with van der Waals surface area (Å²) in [6, 6.07) is 12.1. The molecule has 0 saturated carbocycles. The smallest absolute Gasteiger partial charge is 0.194 e. The molecule has 3 rings (SSSR count). The summed E-state index contributed by atoms with van der Waals surface area (Å²) in [4.78, 5) is 15.7. The first kappa shape index (κ1) is 20.4. The van der Waals surface area contributed by atoms with E-state index in [4.69, 9.17) is 9.73 Å². The predicted molar refractivity (Wildman–Crippen MR) is 115 cm³/mol. The Labute approximate surface area is 172 Å². The first-order valence-electron chi connectivity index (χ1n) is 9.68. The molecule has 0 spiro atoms. The summed E-state index contributed by atoms with van der Waals surface area (Å²) in [5.41, 5.74) is 2.25. The van der Waals surface area contributed by atoms with E-state index < -0.39 is 0 Å². The summed E-state index contributed by atoms with van der Waals surface area (Å²) in [5.74, 6) is 3.49. The van der Waals surface area contributed by atoms with Crippen LogP contribution in [0.5, 0.6) is 5.75 Å². The molecule has 0 fully saturated rings. The number of guanidine groups is 1. The normalized spacial score (nSPS) is 11.4. The molecule has 3 aromatic rings. The van der Waals surface area contributed by atoms with E-state index in [-0.39, 0.29) is 0 Å². The van der Waals surface area contributed by atoms with Gasteiger partial charge in [0.2, 0.25) is 0 Å². The third-order valence-corrected chi connectivity index (χ3v) is 4.57. The summed E-state index contributed by atoms with van der Waals surface area (Å²) < 4.78 is 7.18. The van der Waals surface area contributed by atoms with Crippen molar-refractivity contribution in [1.29, 1.82) is 0 Å². The summed E-state index contributed by atoms with van der Waals surface area (Å²) in [6.45, 7) is 6.16. The number of hydrogen-bond acceptors (Lipinski definition) is 4. The number of hydrogen-bond donors (Lipinski definition) is 1. The van der Waals surface area contributed by atoms with Crippen LogP contribution in [0.2, 0.25) is 0 Å². The molecular weight excluding hydrogens is 364 g/mol. The van der Waals surface area contributed by atoms with Crippen molar-refractivity contribution in [2.24, 2.45) is 4.99 Å². The van der Waals surface area contributed by atoms with Gasteiger partial charge in [-0.3, -0.25) is 4.57 Å². The first-order valence-corrected chi connectivity index (χ1v) is 9.68. The van der Waals surface area contributed by atoms with Crippen LogP contribution in [0.15, 0.2) is 60.0 Å². The monoisotopic (exact) mass is 392 g/mol. The Bertz CT molecular complexity index is 931. The fourth-order valence-corrected chi connectivity index (χ4v) is 2.99. The number of methoxy groups -OCH3 is 1. The van der Waals surface area contributed by atoms with Crippen molar-refractivity contribution in [3.05, 3.63) is 71.9 Å². The number of aryl methyl sites for hydroxylation is 1. The van der Waals surface area contributed by atoms with Gasteiger partial charge < -0.3 is 15.0 Å². The van der Waals surface area contributed by atoms with Crippen molar-refractivity contribution in [2.45, 2.75) is 26.9 Å². The first-order chi connectivity index (χ1) is 14.1. The lowest BCUT2D eigenvalue weighted by molar-refractivity contribution is 0.414. The highest BCUT2D eigenvalue weighted by Gasteiger charge is 2.07. The second-order valence-corrected chi connectivity index (χ2v) is 6.74. The molecule has 0 atom stereocenters. The quantitative estimate of drug-likeness (QED) is 0.494. The average Bonchev–Trinajstić information content (AvgIpc) is 3.18. The molecule has 7 heteroatoms. The number of pyridine rings is 1. The van der Waals surface area contributed by atoms with E-state index in [0.29, 0.717) is 6.54 Å². The van der Waals surface area contributed by atoms with E-state index in [1.807, 2.05) is 49.1 Å². The Morgan fingerprint density at radius 3 is 2.48 bits per heavy atom. The van der Waals surface area contributed by atoms with Gasteiger partial charge in [0.1, 0.15) is 17.4 Å². The van der Waals surface area contributed by atoms with Crippen LogP contribution in [0.1, 0.15) is 23.9 Å². The van der Waals surface area contributed by atoms with Gasteiger partial charge in [0.15, 0.2) is 5.96 Å². The average molecular weight is 393 g/mol. The van der Waals surface area contributed by atoms with Crippen LogP contribution in [0, 0.1) is 6.92 Å². The molecule has 0 aliphatic carbocycles. The Morgan fingerprint density at radius 2 is 1.90 bits per heavy atom. The van der Waals surface area contributed by atoms with Crippen LogP contribution in [-0.4, -0.2) is 46.1 Å². The molecule has 0 amide bonds. The number of imidazole rings is 1. The minimum Gasteiger partial charge on any atom is -0.497 e. The molecule has 7 nitrogen and oxygen atoms in total. The minimum absolute atomic E-state index is 0.561. The topological polar surface area (TPSA) is 67.6 Å². The Morgan fingerprint density at radius 1 is 1.14 bits per heavy atom. The second-order valence-electron chi connectivity index (χ2n) is 6.74. The Kier molecular flexibility index (Phi) is 6.84. The number of nitrogens with zero attached hydrogens (tertiary/aromatic N) is 5. The van der Waals surface area contributed by atoms with Crippen LogP contribution in [0.4, 0.5) is 0 Å². The van der Waals surface area contributed by atoms with Crippen LogP contribution in [-0.2, 0) is 13.1 Å². The maximum Gasteiger partial charge on any atom is 0.194 e. The lowest BCUT2D eigenvalue weighted by atomic mass is 10.2. The van der Waals surface area contributed by atoms with Crippen molar-refractivity contribution in [3.8, 4) is 11.6 Å². The van der Waals surface area contributed by atoms with Crippen molar-refractivity contribution < 1.29 is 4.74 Å². The Hall–Kier alpha value is -3.35. The molecule has 1 aromatic carbocycles. The highest BCUT2D eigenvalue weighted by atomic mass is 16.5. The number of nitrogens with one attached hydrogen (secondary N) is 1. The molecule has 2 aromatic heterocycles. The van der Waals surface area contributed by atoms with Gasteiger partial charge in [0.05, 0.1) is 13.7 Å². The lowest BCUT2D eigenvalue weighted by Crippen LogP contribution is -2.38. The summed E-state index contributed by atoms with van der Waals surface area (Å²) in [6.07, 6.45) is 5.55. The van der Waals surface area contributed by atoms with Crippen LogP contribution in [0.3, 0.4) is 0 Å². The van der Waals surface area contributed by atoms with Crippen LogP contribution < -0.4 is 10.1 Å². The highest BCUT2D eigenvalue weighted by molar-refractivity contribution is 5.79. The van der Waals surface area contributed by atoms with Crippen molar-refractivity contribution in [2.75, 3.05) is 20.7 Å². The summed E-state index contributed by atoms with van der Waals surface area (Å²) in [7, 11) is 3.71. The maximum absolute atomic E-state index is 5.23. The standard InChI is InChI=1S/C22H28N6O/c1-5-23-22(27(3)16-18-6-9-20(29-4)10-7-18)26-15-19-8-11-21(25-14-19)28-13-12-24-17(28)2/h6-14H,5,15-16H2,1-4H3,(H,23,26). The van der Waals surface area contributed by atoms with Gasteiger partial charge in [0.25, 0.3) is 0 Å². The fraction of sp³-hybridized carbons (Fsp3) is 0.318. The molecular formula is C22H28N6O. The molecule has 0 bridgehead atoms. The molecule has 2 heterocycles. The molecule has 0 aliphatic heterocycles. The number of ether oxygens (including phenoxy) is 1. The van der Waals surface area contributed by atoms with Gasteiger partial charge in [-0.15, -0.1) is 0 Å². The van der Waals surface area contributed by atoms with Crippen LogP contribution >= 0.6 is 0 Å². The number of rotatable bonds is 7. The number of aliphatic imine (C=N–C) groups is 1. The van der Waals surface area contributed by atoms with Crippen molar-refractivity contribution in [3.63, 3.8) is 0 Å². The van der Waals surface area contributed by atoms with Gasteiger partial charge in [-0.25, -0.2) is 15.0 Å². The van der Waals surface area contributed by atoms with Gasteiger partial charge in [-0.05, 0) is 43.2 Å². The molecule has 0 aliphatic rings. The van der Waals surface area contributed by atoms with Gasteiger partial charge >= 0.3 is 0 Å². The lowest BCUT2D eigenvalue weighted by Gasteiger charge is -2.22. The molecule has 29 heavy (non-hydrogen) atoms. The second kappa shape index (κ2) is 9.73. The van der Waals surface area contributed by atoms with Gasteiger partial charge in [-0.2, -0.15) is 0 Å².